The number of carboxylic acids is 1. The van der Waals surface area contributed by atoms with Crippen LogP contribution in [0.15, 0.2) is 24.4 Å². The Labute approximate surface area is 105 Å². The molecular weight excluding hydrogens is 234 g/mol. The Kier molecular flexibility index (Phi) is 5.63. The number of carbonyl (C=O) groups excluding carboxylic acids is 1. The van der Waals surface area contributed by atoms with Crippen molar-refractivity contribution in [1.82, 2.24) is 15.6 Å². The third-order valence-electron chi connectivity index (χ3n) is 2.40. The van der Waals surface area contributed by atoms with Gasteiger partial charge in [0.25, 0.3) is 0 Å². The molecule has 98 valence electrons. The maximum Gasteiger partial charge on any atom is 0.326 e. The zero-order valence-corrected chi connectivity index (χ0v) is 10.2. The summed E-state index contributed by atoms with van der Waals surface area (Å²) in [4.78, 5) is 26.2. The third kappa shape index (κ3) is 4.82. The average Bonchev–Trinajstić information content (AvgIpc) is 2.37. The van der Waals surface area contributed by atoms with E-state index < -0.39 is 18.0 Å². The van der Waals surface area contributed by atoms with E-state index in [1.165, 1.54) is 0 Å². The molecule has 0 spiro atoms. The maximum absolute atomic E-state index is 11.4. The van der Waals surface area contributed by atoms with Crippen LogP contribution in [0, 0.1) is 0 Å². The number of nitrogens with one attached hydrogen (secondary N) is 2. The van der Waals surface area contributed by atoms with E-state index in [0.29, 0.717) is 19.4 Å². The Balaban J connectivity index is 2.27. The summed E-state index contributed by atoms with van der Waals surface area (Å²) in [6.45, 7) is 2.12. The number of amides is 2. The van der Waals surface area contributed by atoms with Crippen LogP contribution in [-0.2, 0) is 11.2 Å². The molecule has 0 unspecified atom stereocenters. The van der Waals surface area contributed by atoms with Crippen LogP contribution in [0.5, 0.6) is 0 Å². The van der Waals surface area contributed by atoms with Gasteiger partial charge in [-0.2, -0.15) is 0 Å². The van der Waals surface area contributed by atoms with E-state index in [1.807, 2.05) is 18.2 Å². The van der Waals surface area contributed by atoms with Crippen molar-refractivity contribution in [3.8, 4) is 0 Å². The van der Waals surface area contributed by atoms with E-state index in [2.05, 4.69) is 15.6 Å². The van der Waals surface area contributed by atoms with Gasteiger partial charge in [0.1, 0.15) is 6.04 Å². The fraction of sp³-hybridized carbons (Fsp3) is 0.417. The molecule has 0 aliphatic heterocycles. The standard InChI is InChI=1S/C12H17N3O3/c1-2-10(11(16)17)15-12(18)14-8-6-9-5-3-4-7-13-9/h3-5,7,10H,2,6,8H2,1H3,(H,16,17)(H2,14,15,18)/t10-/m0/s1. The number of nitrogens with zero attached hydrogens (tertiary/aromatic N) is 1. The van der Waals surface area contributed by atoms with Crippen LogP contribution in [0.1, 0.15) is 19.0 Å². The van der Waals surface area contributed by atoms with Gasteiger partial charge in [-0.05, 0) is 18.6 Å². The van der Waals surface area contributed by atoms with Gasteiger partial charge >= 0.3 is 12.0 Å². The zero-order valence-electron chi connectivity index (χ0n) is 10.2. The molecule has 0 aliphatic rings. The number of aliphatic carboxylic acids is 1. The van der Waals surface area contributed by atoms with E-state index in [-0.39, 0.29) is 0 Å². The zero-order chi connectivity index (χ0) is 13.4. The Morgan fingerprint density at radius 2 is 2.22 bits per heavy atom. The smallest absolute Gasteiger partial charge is 0.326 e. The second-order valence-electron chi connectivity index (χ2n) is 3.77. The quantitative estimate of drug-likeness (QED) is 0.697. The van der Waals surface area contributed by atoms with E-state index >= 15 is 0 Å². The Bertz CT molecular complexity index is 395. The number of aromatic nitrogens is 1. The molecule has 0 fully saturated rings. The summed E-state index contributed by atoms with van der Waals surface area (Å²) in [5.41, 5.74) is 0.878. The molecule has 1 heterocycles. The summed E-state index contributed by atoms with van der Waals surface area (Å²) in [7, 11) is 0. The van der Waals surface area contributed by atoms with Gasteiger partial charge in [-0.25, -0.2) is 9.59 Å². The summed E-state index contributed by atoms with van der Waals surface area (Å²) in [5, 5.41) is 13.8. The molecule has 1 aromatic heterocycles. The van der Waals surface area contributed by atoms with E-state index in [0.717, 1.165) is 5.69 Å². The minimum atomic E-state index is -1.03. The molecule has 18 heavy (non-hydrogen) atoms. The largest absolute Gasteiger partial charge is 0.480 e. The van der Waals surface area contributed by atoms with Crippen molar-refractivity contribution in [2.45, 2.75) is 25.8 Å². The van der Waals surface area contributed by atoms with Gasteiger partial charge in [-0.1, -0.05) is 13.0 Å². The molecule has 1 rings (SSSR count). The molecule has 0 aromatic carbocycles. The molecule has 0 saturated carbocycles. The van der Waals surface area contributed by atoms with Gasteiger partial charge in [0.2, 0.25) is 0 Å². The predicted molar refractivity (Wildman–Crippen MR) is 66.2 cm³/mol. The Morgan fingerprint density at radius 3 is 2.78 bits per heavy atom. The SMILES string of the molecule is CC[C@H](NC(=O)NCCc1ccccn1)C(=O)O. The second-order valence-corrected chi connectivity index (χ2v) is 3.77. The summed E-state index contributed by atoms with van der Waals surface area (Å²) in [5.74, 6) is -1.03. The van der Waals surface area contributed by atoms with E-state index in [1.54, 1.807) is 13.1 Å². The number of hydrogen-bond donors (Lipinski definition) is 3. The summed E-state index contributed by atoms with van der Waals surface area (Å²) >= 11 is 0. The molecular formula is C12H17N3O3. The van der Waals surface area contributed by atoms with Crippen LogP contribution in [0.3, 0.4) is 0 Å². The summed E-state index contributed by atoms with van der Waals surface area (Å²) in [6.07, 6.45) is 2.65. The van der Waals surface area contributed by atoms with Crippen LogP contribution in [-0.4, -0.2) is 34.7 Å². The molecule has 2 amide bonds. The van der Waals surface area contributed by atoms with Crippen LogP contribution in [0.25, 0.3) is 0 Å². The van der Waals surface area contributed by atoms with Crippen molar-refractivity contribution >= 4 is 12.0 Å². The van der Waals surface area contributed by atoms with Gasteiger partial charge < -0.3 is 15.7 Å². The van der Waals surface area contributed by atoms with E-state index in [4.69, 9.17) is 5.11 Å². The highest BCUT2D eigenvalue weighted by molar-refractivity contribution is 5.82. The lowest BCUT2D eigenvalue weighted by molar-refractivity contribution is -0.139. The van der Waals surface area contributed by atoms with Crippen LogP contribution in [0.2, 0.25) is 0 Å². The van der Waals surface area contributed by atoms with Crippen molar-refractivity contribution in [1.29, 1.82) is 0 Å². The van der Waals surface area contributed by atoms with Gasteiger partial charge in [0.15, 0.2) is 0 Å². The van der Waals surface area contributed by atoms with Gasteiger partial charge in [-0.3, -0.25) is 4.98 Å². The normalized spacial score (nSPS) is 11.6. The fourth-order valence-electron chi connectivity index (χ4n) is 1.40. The summed E-state index contributed by atoms with van der Waals surface area (Å²) < 4.78 is 0. The summed E-state index contributed by atoms with van der Waals surface area (Å²) in [6, 6.07) is 4.24. The van der Waals surface area contributed by atoms with E-state index in [9.17, 15) is 9.59 Å². The number of urea groups is 1. The second kappa shape index (κ2) is 7.26. The molecule has 6 nitrogen and oxygen atoms in total. The first-order valence-corrected chi connectivity index (χ1v) is 5.80. The first kappa shape index (κ1) is 14.0. The van der Waals surface area contributed by atoms with Crippen molar-refractivity contribution < 1.29 is 14.7 Å². The topological polar surface area (TPSA) is 91.3 Å². The molecule has 0 saturated heterocycles. The number of carboxylic acid groups (broad SMARTS) is 1. The average molecular weight is 251 g/mol. The minimum absolute atomic E-state index is 0.350. The number of hydrogen-bond acceptors (Lipinski definition) is 3. The Morgan fingerprint density at radius 1 is 1.44 bits per heavy atom. The highest BCUT2D eigenvalue weighted by atomic mass is 16.4. The highest BCUT2D eigenvalue weighted by Gasteiger charge is 2.16. The lowest BCUT2D eigenvalue weighted by Gasteiger charge is -2.12. The lowest BCUT2D eigenvalue weighted by Crippen LogP contribution is -2.46. The minimum Gasteiger partial charge on any atom is -0.480 e. The molecule has 1 atom stereocenters. The third-order valence-corrected chi connectivity index (χ3v) is 2.40. The van der Waals surface area contributed by atoms with Crippen molar-refractivity contribution in [3.63, 3.8) is 0 Å². The fourth-order valence-corrected chi connectivity index (χ4v) is 1.40. The number of carbonyl (C=O) groups is 2. The molecule has 0 radical (unpaired) electrons. The molecule has 0 aliphatic carbocycles. The van der Waals surface area contributed by atoms with Crippen LogP contribution >= 0.6 is 0 Å². The molecule has 3 N–H and O–H groups in total. The van der Waals surface area contributed by atoms with Crippen LogP contribution < -0.4 is 10.6 Å². The highest BCUT2D eigenvalue weighted by Crippen LogP contribution is 1.93. The lowest BCUT2D eigenvalue weighted by atomic mass is 10.2. The predicted octanol–water partition coefficient (Wildman–Crippen LogP) is 0.786. The first-order chi connectivity index (χ1) is 8.63. The molecule has 6 heteroatoms. The molecule has 1 aromatic rings. The monoisotopic (exact) mass is 251 g/mol. The van der Waals surface area contributed by atoms with Crippen molar-refractivity contribution in [3.05, 3.63) is 30.1 Å². The Hall–Kier alpha value is -2.11. The van der Waals surface area contributed by atoms with Crippen molar-refractivity contribution in [2.75, 3.05) is 6.54 Å². The van der Waals surface area contributed by atoms with Gasteiger partial charge in [0, 0.05) is 24.9 Å². The van der Waals surface area contributed by atoms with Crippen LogP contribution in [0.4, 0.5) is 4.79 Å². The van der Waals surface area contributed by atoms with Gasteiger partial charge in [-0.15, -0.1) is 0 Å². The number of pyridine rings is 1. The van der Waals surface area contributed by atoms with Crippen molar-refractivity contribution in [2.24, 2.45) is 0 Å². The first-order valence-electron chi connectivity index (χ1n) is 5.80. The maximum atomic E-state index is 11.4. The number of rotatable bonds is 6. The molecule has 0 bridgehead atoms. The van der Waals surface area contributed by atoms with Gasteiger partial charge in [0.05, 0.1) is 0 Å².